The number of ether oxygens (including phenoxy) is 1. The number of hydrogen-bond acceptors (Lipinski definition) is 6. The first kappa shape index (κ1) is 24.7. The molecule has 0 atom stereocenters. The monoisotopic (exact) mass is 520 g/mol. The quantitative estimate of drug-likeness (QED) is 0.335. The molecule has 0 spiro atoms. The number of pyridine rings is 1. The van der Waals surface area contributed by atoms with E-state index in [0.717, 1.165) is 50.3 Å². The van der Waals surface area contributed by atoms with E-state index in [2.05, 4.69) is 26.7 Å². The maximum Gasteiger partial charge on any atom is 0.252 e. The summed E-state index contributed by atoms with van der Waals surface area (Å²) >= 11 is 8.39. The minimum Gasteiger partial charge on any atom is -0.497 e. The molecule has 2 aromatic carbocycles. The van der Waals surface area contributed by atoms with Crippen molar-refractivity contribution in [2.24, 2.45) is 0 Å². The summed E-state index contributed by atoms with van der Waals surface area (Å²) in [6, 6.07) is 11.6. The lowest BCUT2D eigenvalue weighted by molar-refractivity contribution is 0.0930. The molecule has 4 aromatic rings. The van der Waals surface area contributed by atoms with E-state index in [1.165, 1.54) is 19.5 Å². The van der Waals surface area contributed by atoms with Gasteiger partial charge in [-0.3, -0.25) is 9.78 Å². The molecule has 2 N–H and O–H groups in total. The Hall–Kier alpha value is -3.00. The molecule has 3 heterocycles. The number of fused-ring (bicyclic) bond motifs is 1. The maximum atomic E-state index is 13.3. The number of aromatic nitrogens is 2. The largest absolute Gasteiger partial charge is 0.497 e. The summed E-state index contributed by atoms with van der Waals surface area (Å²) in [6.07, 6.45) is 6.69. The highest BCUT2D eigenvalue weighted by molar-refractivity contribution is 7.15. The summed E-state index contributed by atoms with van der Waals surface area (Å²) in [4.78, 5) is 23.3. The lowest BCUT2D eigenvalue weighted by Gasteiger charge is -2.22. The topological polar surface area (TPSA) is 76.1 Å². The molecule has 36 heavy (non-hydrogen) atoms. The van der Waals surface area contributed by atoms with Crippen molar-refractivity contribution in [3.05, 3.63) is 75.5 Å². The Morgan fingerprint density at radius 1 is 1.17 bits per heavy atom. The zero-order valence-electron chi connectivity index (χ0n) is 20.7. The number of rotatable bonds is 5. The molecule has 8 heteroatoms. The van der Waals surface area contributed by atoms with Crippen LogP contribution in [0, 0.1) is 13.8 Å². The van der Waals surface area contributed by atoms with Gasteiger partial charge in [0.2, 0.25) is 0 Å². The highest BCUT2D eigenvalue weighted by Gasteiger charge is 2.47. The van der Waals surface area contributed by atoms with Crippen LogP contribution in [-0.2, 0) is 5.54 Å². The first-order valence-electron chi connectivity index (χ1n) is 12.1. The number of amides is 1. The van der Waals surface area contributed by atoms with Gasteiger partial charge in [0.05, 0.1) is 33.1 Å². The van der Waals surface area contributed by atoms with Gasteiger partial charge in [0.15, 0.2) is 0 Å². The predicted octanol–water partition coefficient (Wildman–Crippen LogP) is 6.04. The van der Waals surface area contributed by atoms with Crippen LogP contribution >= 0.6 is 22.9 Å². The fourth-order valence-corrected chi connectivity index (χ4v) is 5.46. The Morgan fingerprint density at radius 3 is 2.53 bits per heavy atom. The van der Waals surface area contributed by atoms with Crippen LogP contribution in [0.5, 0.6) is 5.75 Å². The molecule has 1 amide bonds. The normalized spacial score (nSPS) is 15.4. The zero-order valence-corrected chi connectivity index (χ0v) is 22.2. The molecule has 1 aliphatic heterocycles. The smallest absolute Gasteiger partial charge is 0.252 e. The molecule has 6 rings (SSSR count). The third-order valence-electron chi connectivity index (χ3n) is 6.73. The Kier molecular flexibility index (Phi) is 6.97. The Labute approximate surface area is 220 Å². The van der Waals surface area contributed by atoms with Crippen LogP contribution in [0.2, 0.25) is 5.02 Å². The number of hydrogen-bond donors (Lipinski definition) is 2. The molecule has 1 saturated heterocycles. The lowest BCUT2D eigenvalue weighted by Crippen LogP contribution is -2.35. The second kappa shape index (κ2) is 10.2. The number of aryl methyl sites for hydroxylation is 2. The first-order valence-corrected chi connectivity index (χ1v) is 13.3. The van der Waals surface area contributed by atoms with E-state index >= 15 is 0 Å². The van der Waals surface area contributed by atoms with Gasteiger partial charge in [0, 0.05) is 28.9 Å². The van der Waals surface area contributed by atoms with Crippen molar-refractivity contribution in [2.45, 2.75) is 38.6 Å². The Morgan fingerprint density at radius 2 is 1.92 bits per heavy atom. The molecule has 1 saturated carbocycles. The number of benzene rings is 2. The molecule has 0 bridgehead atoms. The van der Waals surface area contributed by atoms with Gasteiger partial charge in [-0.15, -0.1) is 11.3 Å². The van der Waals surface area contributed by atoms with E-state index in [1.807, 2.05) is 44.3 Å². The number of nitrogens with zero attached hydrogens (tertiary/aromatic N) is 2. The SMILES string of the molecule is C1CNC1.COc1ccc(C)c(C(=O)NC2(c3cc(-c4cnc(C)s4)c(Cl)c4ncccc34)CC2)c1. The number of carbonyl (C=O) groups is 1. The second-order valence-corrected chi connectivity index (χ2v) is 10.9. The summed E-state index contributed by atoms with van der Waals surface area (Å²) < 4.78 is 5.32. The van der Waals surface area contributed by atoms with Crippen LogP contribution in [0.15, 0.2) is 48.8 Å². The van der Waals surface area contributed by atoms with Crippen LogP contribution in [0.25, 0.3) is 21.3 Å². The van der Waals surface area contributed by atoms with Crippen LogP contribution in [0.4, 0.5) is 0 Å². The number of nitrogens with one attached hydrogen (secondary N) is 2. The van der Waals surface area contributed by atoms with Gasteiger partial charge in [-0.05, 0) is 81.6 Å². The van der Waals surface area contributed by atoms with Crippen molar-refractivity contribution in [2.75, 3.05) is 20.2 Å². The Bertz CT molecular complexity index is 1420. The minimum absolute atomic E-state index is 0.110. The molecule has 186 valence electrons. The van der Waals surface area contributed by atoms with Gasteiger partial charge in [-0.2, -0.15) is 0 Å². The van der Waals surface area contributed by atoms with Crippen molar-refractivity contribution in [1.29, 1.82) is 0 Å². The van der Waals surface area contributed by atoms with E-state index in [1.54, 1.807) is 30.7 Å². The van der Waals surface area contributed by atoms with E-state index in [9.17, 15) is 4.79 Å². The number of carbonyl (C=O) groups excluding carboxylic acids is 1. The molecule has 2 aliphatic rings. The van der Waals surface area contributed by atoms with E-state index in [-0.39, 0.29) is 5.91 Å². The summed E-state index contributed by atoms with van der Waals surface area (Å²) in [5.41, 5.74) is 3.75. The zero-order chi connectivity index (χ0) is 25.3. The molecular formula is C28H29ClN4O2S. The van der Waals surface area contributed by atoms with Crippen LogP contribution in [0.1, 0.15) is 45.8 Å². The average molecular weight is 521 g/mol. The summed E-state index contributed by atoms with van der Waals surface area (Å²) in [5, 5.41) is 8.97. The first-order chi connectivity index (χ1) is 17.4. The second-order valence-electron chi connectivity index (χ2n) is 9.25. The van der Waals surface area contributed by atoms with Crippen molar-refractivity contribution in [1.82, 2.24) is 20.6 Å². The van der Waals surface area contributed by atoms with Crippen molar-refractivity contribution >= 4 is 39.7 Å². The fraction of sp³-hybridized carbons (Fsp3) is 0.321. The molecular weight excluding hydrogens is 492 g/mol. The third kappa shape index (κ3) is 4.83. The van der Waals surface area contributed by atoms with E-state index in [4.69, 9.17) is 16.3 Å². The molecule has 2 aromatic heterocycles. The van der Waals surface area contributed by atoms with Crippen molar-refractivity contribution < 1.29 is 9.53 Å². The highest BCUT2D eigenvalue weighted by Crippen LogP contribution is 2.51. The number of halogens is 1. The van der Waals surface area contributed by atoms with Crippen LogP contribution in [-0.4, -0.2) is 36.1 Å². The molecule has 0 unspecified atom stereocenters. The molecule has 6 nitrogen and oxygen atoms in total. The number of methoxy groups -OCH3 is 1. The van der Waals surface area contributed by atoms with Crippen LogP contribution in [0.3, 0.4) is 0 Å². The van der Waals surface area contributed by atoms with E-state index in [0.29, 0.717) is 16.3 Å². The van der Waals surface area contributed by atoms with Gasteiger partial charge in [0.1, 0.15) is 5.75 Å². The van der Waals surface area contributed by atoms with Gasteiger partial charge < -0.3 is 15.4 Å². The molecule has 1 aliphatic carbocycles. The maximum absolute atomic E-state index is 13.3. The molecule has 2 fully saturated rings. The fourth-order valence-electron chi connectivity index (χ4n) is 4.29. The third-order valence-corrected chi connectivity index (χ3v) is 8.06. The summed E-state index contributed by atoms with van der Waals surface area (Å²) in [5.74, 6) is 0.552. The van der Waals surface area contributed by atoms with E-state index < -0.39 is 5.54 Å². The van der Waals surface area contributed by atoms with Crippen molar-refractivity contribution in [3.63, 3.8) is 0 Å². The number of thiazole rings is 1. The van der Waals surface area contributed by atoms with Crippen molar-refractivity contribution in [3.8, 4) is 16.2 Å². The summed E-state index contributed by atoms with van der Waals surface area (Å²) in [6.45, 7) is 6.40. The predicted molar refractivity (Wildman–Crippen MR) is 146 cm³/mol. The summed E-state index contributed by atoms with van der Waals surface area (Å²) in [7, 11) is 1.60. The van der Waals surface area contributed by atoms with Crippen LogP contribution < -0.4 is 15.4 Å². The van der Waals surface area contributed by atoms with Gasteiger partial charge >= 0.3 is 0 Å². The van der Waals surface area contributed by atoms with Gasteiger partial charge in [-0.25, -0.2) is 4.98 Å². The highest BCUT2D eigenvalue weighted by atomic mass is 35.5. The Balaban J connectivity index is 0.000000608. The molecule has 0 radical (unpaired) electrons. The average Bonchev–Trinajstić information content (AvgIpc) is 3.48. The van der Waals surface area contributed by atoms with Gasteiger partial charge in [0.25, 0.3) is 5.91 Å². The standard InChI is InChI=1S/C25H22ClN3O2S.C3H7N/c1-14-6-7-16(31-3)11-18(14)24(30)29-25(8-9-25)20-12-19(21-13-28-15(2)32-21)22(26)23-17(20)5-4-10-27-23;1-2-4-3-1/h4-7,10-13H,8-9H2,1-3H3,(H,29,30);4H,1-3H2. The minimum atomic E-state index is -0.451. The lowest BCUT2D eigenvalue weighted by atomic mass is 9.95. The van der Waals surface area contributed by atoms with Gasteiger partial charge in [-0.1, -0.05) is 23.7 Å².